The quantitative estimate of drug-likeness (QED) is 0.690. The third-order valence-electron chi connectivity index (χ3n) is 2.70. The van der Waals surface area contributed by atoms with Crippen molar-refractivity contribution in [3.05, 3.63) is 41.8 Å². The number of phenolic OH excluding ortho intramolecular Hbond substituents is 1. The first-order valence-electron chi connectivity index (χ1n) is 5.45. The first-order chi connectivity index (χ1) is 8.65. The second-order valence-corrected chi connectivity index (χ2v) is 4.10. The number of phenols is 1. The zero-order chi connectivity index (χ0) is 12.7. The Morgan fingerprint density at radius 2 is 2.17 bits per heavy atom. The number of aromatic nitrogens is 3. The van der Waals surface area contributed by atoms with Crippen molar-refractivity contribution >= 4 is 11.2 Å². The third-order valence-corrected chi connectivity index (χ3v) is 2.70. The van der Waals surface area contributed by atoms with Crippen molar-refractivity contribution in [2.24, 2.45) is 0 Å². The number of rotatable bonds is 1. The lowest BCUT2D eigenvalue weighted by Crippen LogP contribution is -1.86. The Hall–Kier alpha value is -2.43. The van der Waals surface area contributed by atoms with E-state index in [1.807, 2.05) is 13.0 Å². The molecule has 3 rings (SSSR count). The number of aryl methyl sites for hydroxylation is 1. The number of fused-ring (bicyclic) bond motifs is 1. The summed E-state index contributed by atoms with van der Waals surface area (Å²) in [4.78, 5) is 11.3. The molecule has 1 aromatic carbocycles. The highest BCUT2D eigenvalue weighted by molar-refractivity contribution is 5.78. The Morgan fingerprint density at radius 1 is 1.33 bits per heavy atom. The fraction of sp³-hybridized carbons (Fsp3) is 0.0769. The van der Waals surface area contributed by atoms with E-state index in [9.17, 15) is 9.50 Å². The number of nitrogens with zero attached hydrogens (tertiary/aromatic N) is 2. The zero-order valence-corrected chi connectivity index (χ0v) is 9.61. The highest BCUT2D eigenvalue weighted by Gasteiger charge is 2.14. The van der Waals surface area contributed by atoms with Crippen LogP contribution in [0.4, 0.5) is 4.39 Å². The monoisotopic (exact) mass is 243 g/mol. The maximum atomic E-state index is 13.7. The fourth-order valence-electron chi connectivity index (χ4n) is 1.87. The van der Waals surface area contributed by atoms with Gasteiger partial charge in [0.15, 0.2) is 5.65 Å². The van der Waals surface area contributed by atoms with E-state index >= 15 is 0 Å². The molecule has 0 amide bonds. The highest BCUT2D eigenvalue weighted by Crippen LogP contribution is 2.30. The lowest BCUT2D eigenvalue weighted by Gasteiger charge is -2.01. The van der Waals surface area contributed by atoms with Crippen LogP contribution in [0.5, 0.6) is 5.75 Å². The van der Waals surface area contributed by atoms with Gasteiger partial charge in [-0.15, -0.1) is 0 Å². The van der Waals surface area contributed by atoms with Crippen LogP contribution in [0.15, 0.2) is 30.5 Å². The minimum atomic E-state index is -0.522. The van der Waals surface area contributed by atoms with E-state index in [2.05, 4.69) is 15.0 Å². The van der Waals surface area contributed by atoms with Gasteiger partial charge in [-0.3, -0.25) is 0 Å². The standard InChI is InChI=1S/C13H10FN3O/c1-7-5-9-12(15-6-7)17-13(16-9)11-8(14)3-2-4-10(11)18/h2-6,18H,1H3,(H,15,16,17). The van der Waals surface area contributed by atoms with Gasteiger partial charge in [-0.25, -0.2) is 14.4 Å². The van der Waals surface area contributed by atoms with E-state index in [4.69, 9.17) is 0 Å². The molecule has 0 unspecified atom stereocenters. The lowest BCUT2D eigenvalue weighted by molar-refractivity contribution is 0.471. The molecule has 0 spiro atoms. The molecule has 18 heavy (non-hydrogen) atoms. The van der Waals surface area contributed by atoms with Gasteiger partial charge in [0.1, 0.15) is 17.4 Å². The summed E-state index contributed by atoms with van der Waals surface area (Å²) in [5, 5.41) is 9.70. The summed E-state index contributed by atoms with van der Waals surface area (Å²) in [5.74, 6) is -0.393. The van der Waals surface area contributed by atoms with Gasteiger partial charge in [0.25, 0.3) is 0 Å². The average molecular weight is 243 g/mol. The van der Waals surface area contributed by atoms with Crippen molar-refractivity contribution in [2.75, 3.05) is 0 Å². The zero-order valence-electron chi connectivity index (χ0n) is 9.61. The number of pyridine rings is 1. The maximum Gasteiger partial charge on any atom is 0.178 e. The average Bonchev–Trinajstić information content (AvgIpc) is 2.71. The predicted molar refractivity (Wildman–Crippen MR) is 65.7 cm³/mol. The van der Waals surface area contributed by atoms with Crippen molar-refractivity contribution in [1.29, 1.82) is 0 Å². The summed E-state index contributed by atoms with van der Waals surface area (Å²) in [6, 6.07) is 6.02. The van der Waals surface area contributed by atoms with Gasteiger partial charge in [0.2, 0.25) is 0 Å². The number of halogens is 1. The summed E-state index contributed by atoms with van der Waals surface area (Å²) < 4.78 is 13.7. The number of nitrogens with one attached hydrogen (secondary N) is 1. The molecule has 5 heteroatoms. The van der Waals surface area contributed by atoms with Gasteiger partial charge in [0, 0.05) is 6.20 Å². The molecule has 3 aromatic rings. The molecule has 0 radical (unpaired) electrons. The van der Waals surface area contributed by atoms with Crippen LogP contribution in [-0.4, -0.2) is 20.1 Å². The molecule has 0 aliphatic rings. The van der Waals surface area contributed by atoms with Crippen molar-refractivity contribution in [3.8, 4) is 17.1 Å². The number of benzene rings is 1. The number of hydrogen-bond donors (Lipinski definition) is 2. The van der Waals surface area contributed by atoms with E-state index in [0.29, 0.717) is 11.2 Å². The van der Waals surface area contributed by atoms with Crippen LogP contribution in [-0.2, 0) is 0 Å². The Bertz CT molecular complexity index is 716. The van der Waals surface area contributed by atoms with Gasteiger partial charge < -0.3 is 10.1 Å². The number of aromatic amines is 1. The summed E-state index contributed by atoms with van der Waals surface area (Å²) in [6.45, 7) is 1.91. The van der Waals surface area contributed by atoms with Crippen LogP contribution in [0, 0.1) is 12.7 Å². The van der Waals surface area contributed by atoms with Crippen molar-refractivity contribution in [3.63, 3.8) is 0 Å². The predicted octanol–water partition coefficient (Wildman–Crippen LogP) is 2.78. The second kappa shape index (κ2) is 3.80. The fourth-order valence-corrected chi connectivity index (χ4v) is 1.87. The molecule has 2 heterocycles. The molecule has 0 fully saturated rings. The van der Waals surface area contributed by atoms with E-state index in [1.165, 1.54) is 18.2 Å². The molecule has 0 bridgehead atoms. The van der Waals surface area contributed by atoms with E-state index in [0.717, 1.165) is 5.56 Å². The van der Waals surface area contributed by atoms with Gasteiger partial charge in [0.05, 0.1) is 11.1 Å². The summed E-state index contributed by atoms with van der Waals surface area (Å²) in [6.07, 6.45) is 1.69. The van der Waals surface area contributed by atoms with Gasteiger partial charge >= 0.3 is 0 Å². The number of hydrogen-bond acceptors (Lipinski definition) is 3. The molecular weight excluding hydrogens is 233 g/mol. The Labute approximate surface area is 102 Å². The minimum absolute atomic E-state index is 0.0631. The number of aromatic hydroxyl groups is 1. The van der Waals surface area contributed by atoms with Gasteiger partial charge in [-0.1, -0.05) is 6.07 Å². The summed E-state index contributed by atoms with van der Waals surface area (Å²) in [5.41, 5.74) is 2.26. The first-order valence-corrected chi connectivity index (χ1v) is 5.45. The second-order valence-electron chi connectivity index (χ2n) is 4.10. The maximum absolute atomic E-state index is 13.7. The summed E-state index contributed by atoms with van der Waals surface area (Å²) >= 11 is 0. The Kier molecular flexibility index (Phi) is 2.26. The smallest absolute Gasteiger partial charge is 0.178 e. The molecule has 0 saturated carbocycles. The van der Waals surface area contributed by atoms with Crippen molar-refractivity contribution < 1.29 is 9.50 Å². The molecule has 0 aliphatic carbocycles. The third kappa shape index (κ3) is 1.60. The Morgan fingerprint density at radius 3 is 2.94 bits per heavy atom. The largest absolute Gasteiger partial charge is 0.507 e. The van der Waals surface area contributed by atoms with Crippen LogP contribution in [0.1, 0.15) is 5.56 Å². The summed E-state index contributed by atoms with van der Waals surface area (Å²) in [7, 11) is 0. The minimum Gasteiger partial charge on any atom is -0.507 e. The van der Waals surface area contributed by atoms with Gasteiger partial charge in [-0.2, -0.15) is 0 Å². The van der Waals surface area contributed by atoms with Crippen LogP contribution in [0.3, 0.4) is 0 Å². The normalized spacial score (nSPS) is 11.0. The molecule has 0 aliphatic heterocycles. The Balaban J connectivity index is 2.26. The van der Waals surface area contributed by atoms with E-state index in [-0.39, 0.29) is 17.1 Å². The molecule has 4 nitrogen and oxygen atoms in total. The molecule has 2 aromatic heterocycles. The van der Waals surface area contributed by atoms with Crippen molar-refractivity contribution in [2.45, 2.75) is 6.92 Å². The molecule has 90 valence electrons. The van der Waals surface area contributed by atoms with Crippen LogP contribution < -0.4 is 0 Å². The van der Waals surface area contributed by atoms with Crippen molar-refractivity contribution in [1.82, 2.24) is 15.0 Å². The molecular formula is C13H10FN3O. The molecule has 0 saturated heterocycles. The molecule has 2 N–H and O–H groups in total. The van der Waals surface area contributed by atoms with E-state index < -0.39 is 5.82 Å². The first kappa shape index (κ1) is 10.7. The van der Waals surface area contributed by atoms with Crippen LogP contribution in [0.25, 0.3) is 22.6 Å². The number of imidazole rings is 1. The molecule has 0 atom stereocenters. The lowest BCUT2D eigenvalue weighted by atomic mass is 10.2. The number of H-pyrrole nitrogens is 1. The van der Waals surface area contributed by atoms with Gasteiger partial charge in [-0.05, 0) is 30.7 Å². The van der Waals surface area contributed by atoms with Crippen LogP contribution in [0.2, 0.25) is 0 Å². The SMILES string of the molecule is Cc1cnc2nc(-c3c(O)cccc3F)[nH]c2c1. The highest BCUT2D eigenvalue weighted by atomic mass is 19.1. The topological polar surface area (TPSA) is 61.8 Å². The van der Waals surface area contributed by atoms with Crippen LogP contribution >= 0.6 is 0 Å². The van der Waals surface area contributed by atoms with E-state index in [1.54, 1.807) is 6.20 Å².